The highest BCUT2D eigenvalue weighted by Crippen LogP contribution is 2.62. The number of rotatable bonds is 9. The van der Waals surface area contributed by atoms with Crippen molar-refractivity contribution in [3.8, 4) is 17.2 Å². The minimum absolute atomic E-state index is 0.173. The van der Waals surface area contributed by atoms with E-state index in [1.54, 1.807) is 39.5 Å². The molecule has 0 spiro atoms. The second-order valence-electron chi connectivity index (χ2n) is 11.7. The fourth-order valence-electron chi connectivity index (χ4n) is 7.83. The Bertz CT molecular complexity index is 1210. The molecular formula is C32H42N2O5. The van der Waals surface area contributed by atoms with Crippen LogP contribution in [0.1, 0.15) is 68.9 Å². The summed E-state index contributed by atoms with van der Waals surface area (Å²) in [5.41, 5.74) is 3.38. The van der Waals surface area contributed by atoms with Crippen molar-refractivity contribution >= 4 is 17.5 Å². The van der Waals surface area contributed by atoms with Gasteiger partial charge in [0.05, 0.1) is 21.3 Å². The molecule has 2 amide bonds. The van der Waals surface area contributed by atoms with E-state index in [0.29, 0.717) is 59.6 Å². The molecule has 7 nitrogen and oxygen atoms in total. The summed E-state index contributed by atoms with van der Waals surface area (Å²) in [6.07, 6.45) is 7.99. The number of methoxy groups -OCH3 is 3. The molecule has 0 unspecified atom stereocenters. The van der Waals surface area contributed by atoms with Crippen LogP contribution in [0.3, 0.4) is 0 Å². The number of urea groups is 1. The van der Waals surface area contributed by atoms with Crippen LogP contribution in [0.5, 0.6) is 17.2 Å². The highest BCUT2D eigenvalue weighted by atomic mass is 16.5. The summed E-state index contributed by atoms with van der Waals surface area (Å²) in [7, 11) is 4.88. The molecule has 0 aromatic heterocycles. The Labute approximate surface area is 232 Å². The van der Waals surface area contributed by atoms with Crippen LogP contribution in [0, 0.1) is 23.2 Å². The summed E-state index contributed by atoms with van der Waals surface area (Å²) in [4.78, 5) is 25.7. The molecule has 2 N–H and O–H groups in total. The van der Waals surface area contributed by atoms with Crippen LogP contribution in [-0.2, 0) is 11.2 Å². The van der Waals surface area contributed by atoms with Gasteiger partial charge in [-0.3, -0.25) is 4.79 Å². The number of amides is 2. The standard InChI is InChI=1S/C32H42N2O5/c1-32-15-14-25-24-12-10-23(37-2)17-20(24)8-11-26(25)30(32)21(18-29(32)35)7-5-6-16-33-31(36)34-22-9-13-27(38-3)28(19-22)39-4/h9-10,12-13,17,19,21,25-26,30H,5-8,11,14-16,18H2,1-4H3,(H2,33,34,36)/t21-,25-,26-,30+,32-/m1/s1. The largest absolute Gasteiger partial charge is 0.497 e. The van der Waals surface area contributed by atoms with Crippen LogP contribution in [0.2, 0.25) is 0 Å². The zero-order valence-electron chi connectivity index (χ0n) is 23.7. The third-order valence-electron chi connectivity index (χ3n) is 9.71. The van der Waals surface area contributed by atoms with Gasteiger partial charge in [0.1, 0.15) is 11.5 Å². The Morgan fingerprint density at radius 1 is 1.00 bits per heavy atom. The van der Waals surface area contributed by atoms with Gasteiger partial charge in [-0.1, -0.05) is 19.4 Å². The first kappa shape index (κ1) is 27.4. The highest BCUT2D eigenvalue weighted by Gasteiger charge is 2.58. The lowest BCUT2D eigenvalue weighted by Gasteiger charge is -2.50. The number of unbranched alkanes of at least 4 members (excludes halogenated alkanes) is 1. The normalized spacial score (nSPS) is 27.1. The number of anilines is 1. The summed E-state index contributed by atoms with van der Waals surface area (Å²) in [6, 6.07) is 11.6. The number of ketones is 1. The van der Waals surface area contributed by atoms with E-state index in [-0.39, 0.29) is 11.4 Å². The van der Waals surface area contributed by atoms with Crippen molar-refractivity contribution in [2.45, 2.75) is 64.2 Å². The summed E-state index contributed by atoms with van der Waals surface area (Å²) < 4.78 is 16.0. The molecule has 3 aliphatic carbocycles. The van der Waals surface area contributed by atoms with Crippen LogP contribution >= 0.6 is 0 Å². The molecule has 2 aromatic carbocycles. The molecule has 0 aliphatic heterocycles. The van der Waals surface area contributed by atoms with E-state index in [0.717, 1.165) is 50.7 Å². The Morgan fingerprint density at radius 3 is 2.59 bits per heavy atom. The van der Waals surface area contributed by atoms with Crippen LogP contribution in [-0.4, -0.2) is 39.7 Å². The second-order valence-corrected chi connectivity index (χ2v) is 11.7. The number of benzene rings is 2. The van der Waals surface area contributed by atoms with Crippen molar-refractivity contribution in [2.24, 2.45) is 23.2 Å². The molecule has 2 saturated carbocycles. The SMILES string of the molecule is COc1ccc2c(c1)CC[C@H]1[C@@H]3[C@H](CCCCNC(=O)Nc4ccc(OC)c(OC)c4)CC(=O)[C@@]3(C)CC[C@H]21. The van der Waals surface area contributed by atoms with Crippen LogP contribution in [0.4, 0.5) is 10.5 Å². The number of aryl methyl sites for hydroxylation is 1. The third-order valence-corrected chi connectivity index (χ3v) is 9.71. The lowest BCUT2D eigenvalue weighted by Crippen LogP contribution is -2.44. The monoisotopic (exact) mass is 534 g/mol. The van der Waals surface area contributed by atoms with Gasteiger partial charge in [0, 0.05) is 30.1 Å². The van der Waals surface area contributed by atoms with Crippen LogP contribution in [0.15, 0.2) is 36.4 Å². The summed E-state index contributed by atoms with van der Waals surface area (Å²) >= 11 is 0. The van der Waals surface area contributed by atoms with E-state index in [1.807, 2.05) is 0 Å². The van der Waals surface area contributed by atoms with E-state index in [2.05, 4.69) is 35.8 Å². The average molecular weight is 535 g/mol. The fraction of sp³-hybridized carbons (Fsp3) is 0.562. The van der Waals surface area contributed by atoms with Gasteiger partial charge in [0.15, 0.2) is 11.5 Å². The molecule has 210 valence electrons. The molecule has 5 atom stereocenters. The lowest BCUT2D eigenvalue weighted by atomic mass is 9.54. The molecule has 2 aromatic rings. The van der Waals surface area contributed by atoms with Gasteiger partial charge in [-0.2, -0.15) is 0 Å². The Hall–Kier alpha value is -3.22. The maximum atomic E-state index is 13.3. The Kier molecular flexibility index (Phi) is 8.06. The molecule has 0 saturated heterocycles. The molecule has 2 fully saturated rings. The van der Waals surface area contributed by atoms with Crippen LogP contribution in [0.25, 0.3) is 0 Å². The van der Waals surface area contributed by atoms with Crippen molar-refractivity contribution in [3.05, 3.63) is 47.5 Å². The molecule has 5 rings (SSSR count). The minimum Gasteiger partial charge on any atom is -0.497 e. The van der Waals surface area contributed by atoms with Gasteiger partial charge in [-0.25, -0.2) is 4.79 Å². The number of carbonyl (C=O) groups is 2. The number of Topliss-reactive ketones (excluding diaryl/α,β-unsaturated/α-hetero) is 1. The molecule has 39 heavy (non-hydrogen) atoms. The Balaban J connectivity index is 1.15. The minimum atomic E-state index is -0.238. The van der Waals surface area contributed by atoms with Gasteiger partial charge in [-0.15, -0.1) is 0 Å². The van der Waals surface area contributed by atoms with Crippen molar-refractivity contribution in [2.75, 3.05) is 33.2 Å². The van der Waals surface area contributed by atoms with Crippen LogP contribution < -0.4 is 24.8 Å². The molecule has 0 radical (unpaired) electrons. The fourth-order valence-corrected chi connectivity index (χ4v) is 7.83. The number of hydrogen-bond acceptors (Lipinski definition) is 5. The third kappa shape index (κ3) is 5.32. The first-order valence-electron chi connectivity index (χ1n) is 14.3. The molecular weight excluding hydrogens is 492 g/mol. The number of hydrogen-bond donors (Lipinski definition) is 2. The highest BCUT2D eigenvalue weighted by molar-refractivity contribution is 5.89. The maximum absolute atomic E-state index is 13.3. The van der Waals surface area contributed by atoms with Gasteiger partial charge in [0.25, 0.3) is 0 Å². The number of ether oxygens (including phenoxy) is 3. The maximum Gasteiger partial charge on any atom is 0.319 e. The van der Waals surface area contributed by atoms with Crippen molar-refractivity contribution in [1.82, 2.24) is 5.32 Å². The van der Waals surface area contributed by atoms with Gasteiger partial charge >= 0.3 is 6.03 Å². The summed E-state index contributed by atoms with van der Waals surface area (Å²) in [5.74, 6) is 4.62. The number of nitrogens with one attached hydrogen (secondary N) is 2. The zero-order valence-corrected chi connectivity index (χ0v) is 23.7. The smallest absolute Gasteiger partial charge is 0.319 e. The summed E-state index contributed by atoms with van der Waals surface area (Å²) in [5, 5.41) is 5.82. The number of fused-ring (bicyclic) bond motifs is 5. The second kappa shape index (κ2) is 11.5. The predicted molar refractivity (Wildman–Crippen MR) is 152 cm³/mol. The van der Waals surface area contributed by atoms with Gasteiger partial charge < -0.3 is 24.8 Å². The van der Waals surface area contributed by atoms with Crippen molar-refractivity contribution in [1.29, 1.82) is 0 Å². The lowest BCUT2D eigenvalue weighted by molar-refractivity contribution is -0.129. The van der Waals surface area contributed by atoms with Gasteiger partial charge in [-0.05, 0) is 97.6 Å². The van der Waals surface area contributed by atoms with E-state index < -0.39 is 0 Å². The Morgan fingerprint density at radius 2 is 1.82 bits per heavy atom. The van der Waals surface area contributed by atoms with Gasteiger partial charge in [0.2, 0.25) is 0 Å². The quantitative estimate of drug-likeness (QED) is 0.366. The zero-order chi connectivity index (χ0) is 27.6. The van der Waals surface area contributed by atoms with E-state index in [4.69, 9.17) is 14.2 Å². The molecule has 0 heterocycles. The summed E-state index contributed by atoms with van der Waals surface area (Å²) in [6.45, 7) is 2.85. The topological polar surface area (TPSA) is 85.9 Å². The predicted octanol–water partition coefficient (Wildman–Crippen LogP) is 6.36. The van der Waals surface area contributed by atoms with E-state index in [9.17, 15) is 9.59 Å². The van der Waals surface area contributed by atoms with E-state index >= 15 is 0 Å². The first-order chi connectivity index (χ1) is 18.9. The average Bonchev–Trinajstić information content (AvgIpc) is 3.21. The number of carbonyl (C=O) groups excluding carboxylic acids is 2. The van der Waals surface area contributed by atoms with Crippen molar-refractivity contribution < 1.29 is 23.8 Å². The van der Waals surface area contributed by atoms with E-state index in [1.165, 1.54) is 11.1 Å². The molecule has 0 bridgehead atoms. The molecule has 3 aliphatic rings. The van der Waals surface area contributed by atoms with Crippen molar-refractivity contribution in [3.63, 3.8) is 0 Å². The molecule has 7 heteroatoms. The first-order valence-corrected chi connectivity index (χ1v) is 14.3.